The topological polar surface area (TPSA) is 24.5 Å². The van der Waals surface area contributed by atoms with Crippen LogP contribution < -0.4 is 15.0 Å². The summed E-state index contributed by atoms with van der Waals surface area (Å²) < 4.78 is 5.40. The van der Waals surface area contributed by atoms with Crippen LogP contribution in [0.25, 0.3) is 0 Å². The molecule has 2 rings (SSSR count). The summed E-state index contributed by atoms with van der Waals surface area (Å²) in [4.78, 5) is 2.33. The number of rotatable bonds is 2. The summed E-state index contributed by atoms with van der Waals surface area (Å²) in [7, 11) is 1.70. The van der Waals surface area contributed by atoms with Crippen LogP contribution in [0, 0.1) is 0 Å². The third-order valence-corrected chi connectivity index (χ3v) is 3.27. The van der Waals surface area contributed by atoms with E-state index in [2.05, 4.69) is 24.1 Å². The number of ether oxygens (including phenoxy) is 1. The van der Waals surface area contributed by atoms with Crippen molar-refractivity contribution < 1.29 is 4.74 Å². The van der Waals surface area contributed by atoms with E-state index in [-0.39, 0.29) is 0 Å². The quantitative estimate of drug-likeness (QED) is 0.878. The first kappa shape index (κ1) is 12.5. The van der Waals surface area contributed by atoms with Crippen molar-refractivity contribution in [3.05, 3.63) is 23.2 Å². The molecular formula is C13H19ClN2O. The fourth-order valence-corrected chi connectivity index (χ4v) is 2.60. The fourth-order valence-electron chi connectivity index (χ4n) is 2.43. The van der Waals surface area contributed by atoms with Crippen LogP contribution in [0.15, 0.2) is 18.2 Å². The zero-order valence-electron chi connectivity index (χ0n) is 10.5. The highest BCUT2D eigenvalue weighted by molar-refractivity contribution is 6.30. The zero-order valence-corrected chi connectivity index (χ0v) is 11.3. The number of piperazine rings is 1. The molecule has 1 aromatic carbocycles. The van der Waals surface area contributed by atoms with Crippen LogP contribution in [-0.4, -0.2) is 32.3 Å². The lowest BCUT2D eigenvalue weighted by Gasteiger charge is -2.38. The lowest BCUT2D eigenvalue weighted by Crippen LogP contribution is -2.54. The fraction of sp³-hybridized carbons (Fsp3) is 0.538. The summed E-state index contributed by atoms with van der Waals surface area (Å²) in [6, 6.07) is 6.71. The molecule has 2 unspecified atom stereocenters. The molecule has 0 aromatic heterocycles. The van der Waals surface area contributed by atoms with Gasteiger partial charge in [-0.3, -0.25) is 0 Å². The van der Waals surface area contributed by atoms with Gasteiger partial charge in [-0.05, 0) is 32.0 Å². The SMILES string of the molecule is COc1ccc(Cl)cc1N1CC(C)NC(C)C1. The second-order valence-corrected chi connectivity index (χ2v) is 5.13. The van der Waals surface area contributed by atoms with Crippen molar-refractivity contribution in [2.45, 2.75) is 25.9 Å². The standard InChI is InChI=1S/C13H19ClN2O/c1-9-7-16(8-10(2)15-9)12-6-11(14)4-5-13(12)17-3/h4-6,9-10,15H,7-8H2,1-3H3. The minimum atomic E-state index is 0.474. The summed E-state index contributed by atoms with van der Waals surface area (Å²) in [5, 5.41) is 4.27. The lowest BCUT2D eigenvalue weighted by molar-refractivity contribution is 0.391. The largest absolute Gasteiger partial charge is 0.495 e. The van der Waals surface area contributed by atoms with E-state index in [4.69, 9.17) is 16.3 Å². The monoisotopic (exact) mass is 254 g/mol. The number of nitrogens with one attached hydrogen (secondary N) is 1. The molecule has 0 radical (unpaired) electrons. The Balaban J connectivity index is 2.28. The molecule has 0 aliphatic carbocycles. The van der Waals surface area contributed by atoms with Gasteiger partial charge in [0.2, 0.25) is 0 Å². The maximum absolute atomic E-state index is 6.07. The molecule has 1 aliphatic rings. The molecule has 0 saturated carbocycles. The maximum Gasteiger partial charge on any atom is 0.142 e. The van der Waals surface area contributed by atoms with Crippen molar-refractivity contribution in [1.82, 2.24) is 5.32 Å². The molecule has 3 nitrogen and oxygen atoms in total. The zero-order chi connectivity index (χ0) is 12.4. The minimum Gasteiger partial charge on any atom is -0.495 e. The molecular weight excluding hydrogens is 236 g/mol. The van der Waals surface area contributed by atoms with Crippen LogP contribution >= 0.6 is 11.6 Å². The van der Waals surface area contributed by atoms with Crippen molar-refractivity contribution >= 4 is 17.3 Å². The van der Waals surface area contributed by atoms with Gasteiger partial charge in [0.05, 0.1) is 12.8 Å². The van der Waals surface area contributed by atoms with Crippen LogP contribution in [0.4, 0.5) is 5.69 Å². The van der Waals surface area contributed by atoms with Crippen molar-refractivity contribution in [3.8, 4) is 5.75 Å². The molecule has 1 N–H and O–H groups in total. The van der Waals surface area contributed by atoms with Crippen LogP contribution in [0.2, 0.25) is 5.02 Å². The van der Waals surface area contributed by atoms with E-state index in [9.17, 15) is 0 Å². The second kappa shape index (κ2) is 5.15. The lowest BCUT2D eigenvalue weighted by atomic mass is 10.1. The average Bonchev–Trinajstić information content (AvgIpc) is 2.27. The summed E-state index contributed by atoms with van der Waals surface area (Å²) in [6.45, 7) is 6.33. The van der Waals surface area contributed by atoms with Crippen molar-refractivity contribution in [2.24, 2.45) is 0 Å². The molecule has 0 amide bonds. The molecule has 1 saturated heterocycles. The third-order valence-electron chi connectivity index (χ3n) is 3.04. The second-order valence-electron chi connectivity index (χ2n) is 4.69. The average molecular weight is 255 g/mol. The summed E-state index contributed by atoms with van der Waals surface area (Å²) >= 11 is 6.07. The first-order valence-electron chi connectivity index (χ1n) is 5.94. The van der Waals surface area contributed by atoms with Crippen LogP contribution in [-0.2, 0) is 0 Å². The molecule has 1 aliphatic heterocycles. The van der Waals surface area contributed by atoms with Gasteiger partial charge >= 0.3 is 0 Å². The number of anilines is 1. The Labute approximate surface area is 108 Å². The highest BCUT2D eigenvalue weighted by Crippen LogP contribution is 2.32. The van der Waals surface area contributed by atoms with Gasteiger partial charge in [-0.15, -0.1) is 0 Å². The van der Waals surface area contributed by atoms with Crippen LogP contribution in [0.5, 0.6) is 5.75 Å². The molecule has 1 heterocycles. The number of hydrogen-bond donors (Lipinski definition) is 1. The molecule has 94 valence electrons. The van der Waals surface area contributed by atoms with Gasteiger partial charge in [0.1, 0.15) is 5.75 Å². The Hall–Kier alpha value is -0.930. The van der Waals surface area contributed by atoms with Gasteiger partial charge < -0.3 is 15.0 Å². The van der Waals surface area contributed by atoms with Crippen LogP contribution in [0.3, 0.4) is 0 Å². The van der Waals surface area contributed by atoms with E-state index in [0.717, 1.165) is 29.5 Å². The third kappa shape index (κ3) is 2.85. The van der Waals surface area contributed by atoms with Crippen molar-refractivity contribution in [3.63, 3.8) is 0 Å². The van der Waals surface area contributed by atoms with E-state index < -0.39 is 0 Å². The number of nitrogens with zero attached hydrogens (tertiary/aromatic N) is 1. The Kier molecular flexibility index (Phi) is 3.79. The molecule has 0 bridgehead atoms. The number of halogens is 1. The Bertz CT molecular complexity index is 387. The molecule has 1 aromatic rings. The Morgan fingerprint density at radius 3 is 2.53 bits per heavy atom. The molecule has 1 fully saturated rings. The maximum atomic E-state index is 6.07. The summed E-state index contributed by atoms with van der Waals surface area (Å²) in [6.07, 6.45) is 0. The Morgan fingerprint density at radius 2 is 1.94 bits per heavy atom. The van der Waals surface area contributed by atoms with Gasteiger partial charge in [0.25, 0.3) is 0 Å². The van der Waals surface area contributed by atoms with E-state index in [0.29, 0.717) is 12.1 Å². The van der Waals surface area contributed by atoms with E-state index in [1.807, 2.05) is 18.2 Å². The first-order chi connectivity index (χ1) is 8.10. The summed E-state index contributed by atoms with van der Waals surface area (Å²) in [5.74, 6) is 0.885. The van der Waals surface area contributed by atoms with Gasteiger partial charge in [-0.1, -0.05) is 11.6 Å². The molecule has 17 heavy (non-hydrogen) atoms. The number of methoxy groups -OCH3 is 1. The molecule has 4 heteroatoms. The molecule has 0 spiro atoms. The van der Waals surface area contributed by atoms with Crippen molar-refractivity contribution in [1.29, 1.82) is 0 Å². The predicted octanol–water partition coefficient (Wildman–Crippen LogP) is 2.54. The number of hydrogen-bond acceptors (Lipinski definition) is 3. The van der Waals surface area contributed by atoms with Gasteiger partial charge in [-0.2, -0.15) is 0 Å². The van der Waals surface area contributed by atoms with Gasteiger partial charge in [0, 0.05) is 30.2 Å². The highest BCUT2D eigenvalue weighted by Gasteiger charge is 2.23. The predicted molar refractivity (Wildman–Crippen MR) is 72.3 cm³/mol. The minimum absolute atomic E-state index is 0.474. The Morgan fingerprint density at radius 1 is 1.29 bits per heavy atom. The van der Waals surface area contributed by atoms with E-state index in [1.54, 1.807) is 7.11 Å². The first-order valence-corrected chi connectivity index (χ1v) is 6.32. The van der Waals surface area contributed by atoms with E-state index in [1.165, 1.54) is 0 Å². The van der Waals surface area contributed by atoms with Crippen molar-refractivity contribution in [2.75, 3.05) is 25.1 Å². The highest BCUT2D eigenvalue weighted by atomic mass is 35.5. The van der Waals surface area contributed by atoms with Crippen LogP contribution in [0.1, 0.15) is 13.8 Å². The van der Waals surface area contributed by atoms with Gasteiger partial charge in [0.15, 0.2) is 0 Å². The van der Waals surface area contributed by atoms with Gasteiger partial charge in [-0.25, -0.2) is 0 Å². The molecule has 2 atom stereocenters. The summed E-state index contributed by atoms with van der Waals surface area (Å²) in [5.41, 5.74) is 1.08. The normalized spacial score (nSPS) is 24.8. The van der Waals surface area contributed by atoms with E-state index >= 15 is 0 Å². The number of benzene rings is 1. The smallest absolute Gasteiger partial charge is 0.142 e.